The Balaban J connectivity index is 3.14. The molecule has 0 spiro atoms. The van der Waals surface area contributed by atoms with Gasteiger partial charge in [-0.3, -0.25) is 0 Å². The first-order valence-corrected chi connectivity index (χ1v) is 4.48. The lowest BCUT2D eigenvalue weighted by Crippen LogP contribution is -2.08. The van der Waals surface area contributed by atoms with E-state index in [0.29, 0.717) is 5.69 Å². The maximum Gasteiger partial charge on any atom is 0.339 e. The summed E-state index contributed by atoms with van der Waals surface area (Å²) in [5.74, 6) is -1.87. The summed E-state index contributed by atoms with van der Waals surface area (Å²) in [5, 5.41) is 11.7. The van der Waals surface area contributed by atoms with E-state index in [-0.39, 0.29) is 11.3 Å². The van der Waals surface area contributed by atoms with Crippen molar-refractivity contribution in [2.45, 2.75) is 0 Å². The Morgan fingerprint density at radius 1 is 1.50 bits per heavy atom. The number of anilines is 1. The Bertz CT molecular complexity index is 440. The molecular formula is C11H11NO4. The van der Waals surface area contributed by atoms with Crippen LogP contribution in [-0.4, -0.2) is 24.1 Å². The summed E-state index contributed by atoms with van der Waals surface area (Å²) in [6, 6.07) is 4.37. The van der Waals surface area contributed by atoms with Crippen molar-refractivity contribution in [2.75, 3.05) is 12.4 Å². The molecular weight excluding hydrogens is 210 g/mol. The standard InChI is InChI=1S/C11H11NO4/c1-3-10(13)16-9-6-7(12-2)4-5-8(9)11(14)15/h3-6,12H,1H2,2H3,(H,14,15). The quantitative estimate of drug-likeness (QED) is 0.458. The minimum absolute atomic E-state index is 0.00995. The molecule has 0 aliphatic heterocycles. The van der Waals surface area contributed by atoms with E-state index in [4.69, 9.17) is 9.84 Å². The first-order valence-electron chi connectivity index (χ1n) is 4.48. The third-order valence-electron chi connectivity index (χ3n) is 1.88. The summed E-state index contributed by atoms with van der Waals surface area (Å²) in [4.78, 5) is 21.9. The van der Waals surface area contributed by atoms with Crippen LogP contribution in [0.1, 0.15) is 10.4 Å². The molecule has 1 aromatic carbocycles. The SMILES string of the molecule is C=CC(=O)Oc1cc(NC)ccc1C(=O)O. The molecule has 84 valence electrons. The number of esters is 1. The minimum atomic E-state index is -1.16. The molecule has 0 aliphatic rings. The smallest absolute Gasteiger partial charge is 0.339 e. The van der Waals surface area contributed by atoms with Gasteiger partial charge in [0, 0.05) is 24.9 Å². The number of carboxylic acids is 1. The number of carbonyl (C=O) groups excluding carboxylic acids is 1. The van der Waals surface area contributed by atoms with Crippen molar-refractivity contribution in [1.29, 1.82) is 0 Å². The van der Waals surface area contributed by atoms with Crippen molar-refractivity contribution >= 4 is 17.6 Å². The zero-order valence-electron chi connectivity index (χ0n) is 8.69. The molecule has 0 amide bonds. The van der Waals surface area contributed by atoms with Gasteiger partial charge >= 0.3 is 11.9 Å². The molecule has 1 rings (SSSR count). The van der Waals surface area contributed by atoms with Gasteiger partial charge in [-0.15, -0.1) is 0 Å². The van der Waals surface area contributed by atoms with E-state index in [1.807, 2.05) is 0 Å². The lowest BCUT2D eigenvalue weighted by Gasteiger charge is -2.07. The molecule has 2 N–H and O–H groups in total. The Kier molecular flexibility index (Phi) is 3.66. The molecule has 0 saturated carbocycles. The number of ether oxygens (including phenoxy) is 1. The molecule has 0 unspecified atom stereocenters. The van der Waals surface area contributed by atoms with E-state index in [1.165, 1.54) is 12.1 Å². The second-order valence-electron chi connectivity index (χ2n) is 2.89. The van der Waals surface area contributed by atoms with Gasteiger partial charge in [-0.1, -0.05) is 6.58 Å². The monoisotopic (exact) mass is 221 g/mol. The van der Waals surface area contributed by atoms with E-state index in [9.17, 15) is 9.59 Å². The van der Waals surface area contributed by atoms with Crippen LogP contribution in [0.15, 0.2) is 30.9 Å². The van der Waals surface area contributed by atoms with E-state index >= 15 is 0 Å². The number of hydrogen-bond acceptors (Lipinski definition) is 4. The molecule has 0 radical (unpaired) electrons. The zero-order chi connectivity index (χ0) is 12.1. The first-order chi connectivity index (χ1) is 7.58. The van der Waals surface area contributed by atoms with Crippen LogP contribution < -0.4 is 10.1 Å². The second kappa shape index (κ2) is 4.97. The predicted molar refractivity (Wildman–Crippen MR) is 58.8 cm³/mol. The number of benzene rings is 1. The molecule has 16 heavy (non-hydrogen) atoms. The molecule has 5 heteroatoms. The van der Waals surface area contributed by atoms with Gasteiger partial charge in [0.15, 0.2) is 0 Å². The summed E-state index contributed by atoms with van der Waals surface area (Å²) < 4.78 is 4.82. The van der Waals surface area contributed by atoms with Gasteiger partial charge in [-0.05, 0) is 12.1 Å². The van der Waals surface area contributed by atoms with Crippen LogP contribution in [0.3, 0.4) is 0 Å². The maximum absolute atomic E-state index is 11.0. The third-order valence-corrected chi connectivity index (χ3v) is 1.88. The highest BCUT2D eigenvalue weighted by Gasteiger charge is 2.13. The van der Waals surface area contributed by atoms with E-state index in [0.717, 1.165) is 6.08 Å². The van der Waals surface area contributed by atoms with Gasteiger partial charge in [0.05, 0.1) is 0 Å². The van der Waals surface area contributed by atoms with Crippen LogP contribution in [0.4, 0.5) is 5.69 Å². The van der Waals surface area contributed by atoms with Gasteiger partial charge in [0.25, 0.3) is 0 Å². The lowest BCUT2D eigenvalue weighted by atomic mass is 10.2. The third kappa shape index (κ3) is 2.60. The summed E-state index contributed by atoms with van der Waals surface area (Å²) in [5.41, 5.74) is 0.575. The number of carboxylic acid groups (broad SMARTS) is 1. The molecule has 0 fully saturated rings. The summed E-state index contributed by atoms with van der Waals surface area (Å²) in [6.07, 6.45) is 0.970. The normalized spacial score (nSPS) is 9.31. The van der Waals surface area contributed by atoms with Gasteiger partial charge in [0.1, 0.15) is 11.3 Å². The fourth-order valence-corrected chi connectivity index (χ4v) is 1.09. The van der Waals surface area contributed by atoms with Crippen molar-refractivity contribution in [3.05, 3.63) is 36.4 Å². The Morgan fingerprint density at radius 3 is 2.69 bits per heavy atom. The summed E-state index contributed by atoms with van der Waals surface area (Å²) in [6.45, 7) is 3.24. The van der Waals surface area contributed by atoms with Crippen molar-refractivity contribution in [3.8, 4) is 5.75 Å². The highest BCUT2D eigenvalue weighted by molar-refractivity contribution is 5.93. The fourth-order valence-electron chi connectivity index (χ4n) is 1.09. The summed E-state index contributed by atoms with van der Waals surface area (Å²) >= 11 is 0. The number of rotatable bonds is 4. The molecule has 0 aliphatic carbocycles. The van der Waals surface area contributed by atoms with Crippen LogP contribution in [0.2, 0.25) is 0 Å². The number of hydrogen-bond donors (Lipinski definition) is 2. The molecule has 0 saturated heterocycles. The van der Waals surface area contributed by atoms with Crippen molar-refractivity contribution < 1.29 is 19.4 Å². The van der Waals surface area contributed by atoms with E-state index in [2.05, 4.69) is 11.9 Å². The van der Waals surface area contributed by atoms with Gasteiger partial charge < -0.3 is 15.2 Å². The van der Waals surface area contributed by atoms with E-state index in [1.54, 1.807) is 13.1 Å². The van der Waals surface area contributed by atoms with Crippen molar-refractivity contribution in [2.24, 2.45) is 0 Å². The second-order valence-corrected chi connectivity index (χ2v) is 2.89. The molecule has 5 nitrogen and oxygen atoms in total. The topological polar surface area (TPSA) is 75.6 Å². The number of nitrogens with one attached hydrogen (secondary N) is 1. The molecule has 1 aromatic rings. The highest BCUT2D eigenvalue weighted by atomic mass is 16.5. The maximum atomic E-state index is 11.0. The average Bonchev–Trinajstić information content (AvgIpc) is 2.28. The van der Waals surface area contributed by atoms with Gasteiger partial charge in [-0.25, -0.2) is 9.59 Å². The van der Waals surface area contributed by atoms with Crippen molar-refractivity contribution in [3.63, 3.8) is 0 Å². The Hall–Kier alpha value is -2.30. The van der Waals surface area contributed by atoms with Crippen LogP contribution in [0.25, 0.3) is 0 Å². The zero-order valence-corrected chi connectivity index (χ0v) is 8.69. The highest BCUT2D eigenvalue weighted by Crippen LogP contribution is 2.23. The largest absolute Gasteiger partial charge is 0.478 e. The molecule has 0 aromatic heterocycles. The van der Waals surface area contributed by atoms with Crippen LogP contribution in [0.5, 0.6) is 5.75 Å². The fraction of sp³-hybridized carbons (Fsp3) is 0.0909. The van der Waals surface area contributed by atoms with Gasteiger partial charge in [0.2, 0.25) is 0 Å². The van der Waals surface area contributed by atoms with Crippen molar-refractivity contribution in [1.82, 2.24) is 0 Å². The summed E-state index contributed by atoms with van der Waals surface area (Å²) in [7, 11) is 1.68. The minimum Gasteiger partial charge on any atom is -0.478 e. The van der Waals surface area contributed by atoms with Crippen LogP contribution in [0, 0.1) is 0 Å². The van der Waals surface area contributed by atoms with Crippen LogP contribution in [-0.2, 0) is 4.79 Å². The number of aromatic carboxylic acids is 1. The number of carbonyl (C=O) groups is 2. The Morgan fingerprint density at radius 2 is 2.19 bits per heavy atom. The Labute approximate surface area is 92.3 Å². The molecule has 0 atom stereocenters. The predicted octanol–water partition coefficient (Wildman–Crippen LogP) is 1.52. The molecule has 0 bridgehead atoms. The van der Waals surface area contributed by atoms with Crippen LogP contribution >= 0.6 is 0 Å². The van der Waals surface area contributed by atoms with Gasteiger partial charge in [-0.2, -0.15) is 0 Å². The molecule has 0 heterocycles. The average molecular weight is 221 g/mol. The lowest BCUT2D eigenvalue weighted by molar-refractivity contribution is -0.128. The first kappa shape index (κ1) is 11.8. The van der Waals surface area contributed by atoms with E-state index < -0.39 is 11.9 Å².